The number of hydrogen-bond donors (Lipinski definition) is 3. The molecular formula is C9H10NO5S-. The van der Waals surface area contributed by atoms with Crippen molar-refractivity contribution in [1.82, 2.24) is 0 Å². The summed E-state index contributed by atoms with van der Waals surface area (Å²) in [6.45, 7) is 0. The standard InChI is InChI=1S/C9H11NO5S/c10-7(9(12)13)3-5-1-2-6(11)4-8(5)16(14)15/h1-2,4,7,11H,3,10H2,(H,12,13)(H,14,15)/p-1/t7-/m0/s1. The van der Waals surface area contributed by atoms with Gasteiger partial charge in [-0.3, -0.25) is 9.00 Å². The van der Waals surface area contributed by atoms with Gasteiger partial charge in [-0.05, 0) is 35.2 Å². The molecule has 0 aromatic heterocycles. The zero-order valence-corrected chi connectivity index (χ0v) is 8.94. The highest BCUT2D eigenvalue weighted by atomic mass is 32.2. The lowest BCUT2D eigenvalue weighted by atomic mass is 10.1. The molecule has 0 radical (unpaired) electrons. The van der Waals surface area contributed by atoms with Gasteiger partial charge >= 0.3 is 5.97 Å². The van der Waals surface area contributed by atoms with Crippen LogP contribution in [0.15, 0.2) is 23.1 Å². The van der Waals surface area contributed by atoms with Gasteiger partial charge in [0.25, 0.3) is 0 Å². The molecule has 0 bridgehead atoms. The Morgan fingerprint density at radius 2 is 2.19 bits per heavy atom. The van der Waals surface area contributed by atoms with Gasteiger partial charge in [0.15, 0.2) is 0 Å². The van der Waals surface area contributed by atoms with Crippen LogP contribution in [0.25, 0.3) is 0 Å². The van der Waals surface area contributed by atoms with E-state index in [9.17, 15) is 13.6 Å². The van der Waals surface area contributed by atoms with Crippen molar-refractivity contribution < 1.29 is 23.8 Å². The van der Waals surface area contributed by atoms with E-state index < -0.39 is 23.1 Å². The summed E-state index contributed by atoms with van der Waals surface area (Å²) in [5, 5.41) is 17.7. The number of aromatic hydroxyl groups is 1. The zero-order valence-electron chi connectivity index (χ0n) is 8.12. The predicted molar refractivity (Wildman–Crippen MR) is 54.6 cm³/mol. The average molecular weight is 244 g/mol. The van der Waals surface area contributed by atoms with Crippen molar-refractivity contribution in [2.75, 3.05) is 0 Å². The summed E-state index contributed by atoms with van der Waals surface area (Å²) < 4.78 is 21.7. The van der Waals surface area contributed by atoms with Crippen molar-refractivity contribution in [2.45, 2.75) is 17.4 Å². The average Bonchev–Trinajstić information content (AvgIpc) is 2.20. The summed E-state index contributed by atoms with van der Waals surface area (Å²) in [6, 6.07) is 2.49. The van der Waals surface area contributed by atoms with E-state index in [1.165, 1.54) is 12.1 Å². The highest BCUT2D eigenvalue weighted by Gasteiger charge is 2.15. The van der Waals surface area contributed by atoms with Crippen molar-refractivity contribution in [1.29, 1.82) is 0 Å². The minimum Gasteiger partial charge on any atom is -0.768 e. The molecule has 1 unspecified atom stereocenters. The number of carboxylic acid groups (broad SMARTS) is 1. The lowest BCUT2D eigenvalue weighted by Gasteiger charge is -2.14. The summed E-state index contributed by atoms with van der Waals surface area (Å²) >= 11 is -2.54. The van der Waals surface area contributed by atoms with Crippen molar-refractivity contribution in [3.05, 3.63) is 23.8 Å². The number of benzene rings is 1. The molecule has 0 spiro atoms. The van der Waals surface area contributed by atoms with Crippen molar-refractivity contribution in [3.63, 3.8) is 0 Å². The Morgan fingerprint density at radius 3 is 2.69 bits per heavy atom. The fraction of sp³-hybridized carbons (Fsp3) is 0.222. The minimum absolute atomic E-state index is 0.112. The van der Waals surface area contributed by atoms with Crippen LogP contribution in [0.1, 0.15) is 5.56 Å². The Kier molecular flexibility index (Phi) is 3.99. The molecule has 0 saturated heterocycles. The molecule has 0 amide bonds. The second-order valence-corrected chi connectivity index (χ2v) is 4.08. The smallest absolute Gasteiger partial charge is 0.320 e. The van der Waals surface area contributed by atoms with Gasteiger partial charge in [0.05, 0.1) is 0 Å². The number of nitrogens with two attached hydrogens (primary N) is 1. The number of carbonyl (C=O) groups is 1. The lowest BCUT2D eigenvalue weighted by molar-refractivity contribution is -0.138. The number of aliphatic carboxylic acids is 1. The SMILES string of the molecule is N[C@@H](Cc1ccc(O)cc1S(=O)[O-])C(=O)O. The highest BCUT2D eigenvalue weighted by molar-refractivity contribution is 7.79. The fourth-order valence-electron chi connectivity index (χ4n) is 1.19. The van der Waals surface area contributed by atoms with Crippen molar-refractivity contribution in [2.24, 2.45) is 5.73 Å². The van der Waals surface area contributed by atoms with Gasteiger partial charge in [-0.2, -0.15) is 0 Å². The number of carboxylic acids is 1. The third-order valence-electron chi connectivity index (χ3n) is 1.99. The molecule has 1 aromatic rings. The third-order valence-corrected chi connectivity index (χ3v) is 2.73. The molecule has 6 nitrogen and oxygen atoms in total. The van der Waals surface area contributed by atoms with E-state index in [-0.39, 0.29) is 22.6 Å². The quantitative estimate of drug-likeness (QED) is 0.618. The molecular weight excluding hydrogens is 234 g/mol. The van der Waals surface area contributed by atoms with E-state index in [1.807, 2.05) is 0 Å². The topological polar surface area (TPSA) is 124 Å². The monoisotopic (exact) mass is 244 g/mol. The first-order chi connectivity index (χ1) is 7.41. The lowest BCUT2D eigenvalue weighted by Crippen LogP contribution is -2.32. The molecule has 88 valence electrons. The van der Waals surface area contributed by atoms with E-state index in [0.29, 0.717) is 0 Å². The highest BCUT2D eigenvalue weighted by Crippen LogP contribution is 2.20. The van der Waals surface area contributed by atoms with Crippen LogP contribution >= 0.6 is 0 Å². The number of hydrogen-bond acceptors (Lipinski definition) is 5. The maximum Gasteiger partial charge on any atom is 0.320 e. The van der Waals surface area contributed by atoms with Gasteiger partial charge < -0.3 is 20.5 Å². The van der Waals surface area contributed by atoms with Gasteiger partial charge in [-0.25, -0.2) is 0 Å². The first-order valence-electron chi connectivity index (χ1n) is 4.31. The van der Waals surface area contributed by atoms with Gasteiger partial charge in [0.1, 0.15) is 11.8 Å². The van der Waals surface area contributed by atoms with Gasteiger partial charge in [-0.15, -0.1) is 0 Å². The molecule has 4 N–H and O–H groups in total. The normalized spacial score (nSPS) is 14.4. The van der Waals surface area contributed by atoms with Gasteiger partial charge in [0, 0.05) is 4.90 Å². The molecule has 2 atom stereocenters. The zero-order chi connectivity index (χ0) is 12.3. The largest absolute Gasteiger partial charge is 0.768 e. The first kappa shape index (κ1) is 12.6. The second-order valence-electron chi connectivity index (χ2n) is 3.18. The maximum atomic E-state index is 10.8. The molecule has 0 heterocycles. The molecule has 1 aromatic carbocycles. The van der Waals surface area contributed by atoms with Crippen LogP contribution < -0.4 is 5.73 Å². The van der Waals surface area contributed by atoms with Crippen LogP contribution in [0.2, 0.25) is 0 Å². The molecule has 7 heteroatoms. The van der Waals surface area contributed by atoms with Crippen LogP contribution in [0.4, 0.5) is 0 Å². The summed E-state index contributed by atoms with van der Waals surface area (Å²) in [7, 11) is 0. The van der Waals surface area contributed by atoms with E-state index in [1.54, 1.807) is 0 Å². The third kappa shape index (κ3) is 3.02. The Bertz CT molecular complexity index is 434. The molecule has 0 fully saturated rings. The second kappa shape index (κ2) is 5.06. The Labute approximate surface area is 94.0 Å². The number of rotatable bonds is 4. The van der Waals surface area contributed by atoms with Crippen LogP contribution in [-0.4, -0.2) is 31.0 Å². The van der Waals surface area contributed by atoms with Crippen molar-refractivity contribution in [3.8, 4) is 5.75 Å². The summed E-state index contributed by atoms with van der Waals surface area (Å²) in [5.74, 6) is -1.41. The molecule has 0 aliphatic carbocycles. The summed E-state index contributed by atoms with van der Waals surface area (Å²) in [5.41, 5.74) is 5.56. The Hall–Kier alpha value is -1.44. The van der Waals surface area contributed by atoms with Crippen LogP contribution in [0, 0.1) is 0 Å². The molecule has 0 aliphatic rings. The maximum absolute atomic E-state index is 10.8. The van der Waals surface area contributed by atoms with Gasteiger partial charge in [0.2, 0.25) is 0 Å². The van der Waals surface area contributed by atoms with E-state index in [4.69, 9.17) is 15.9 Å². The van der Waals surface area contributed by atoms with Crippen LogP contribution in [0.3, 0.4) is 0 Å². The number of phenolic OH excluding ortho intramolecular Hbond substituents is 1. The van der Waals surface area contributed by atoms with Crippen molar-refractivity contribution >= 4 is 17.0 Å². The predicted octanol–water partition coefficient (Wildman–Crippen LogP) is -0.415. The molecule has 1 rings (SSSR count). The Morgan fingerprint density at radius 1 is 1.56 bits per heavy atom. The van der Waals surface area contributed by atoms with E-state index in [0.717, 1.165) is 6.07 Å². The first-order valence-corrected chi connectivity index (χ1v) is 5.39. The summed E-state index contributed by atoms with van der Waals surface area (Å²) in [6.07, 6.45) is -0.112. The minimum atomic E-state index is -2.54. The van der Waals surface area contributed by atoms with Crippen LogP contribution in [0.5, 0.6) is 5.75 Å². The molecule has 0 saturated carbocycles. The molecule has 0 aliphatic heterocycles. The Balaban J connectivity index is 3.04. The van der Waals surface area contributed by atoms with Crippen LogP contribution in [-0.2, 0) is 22.3 Å². The van der Waals surface area contributed by atoms with E-state index >= 15 is 0 Å². The summed E-state index contributed by atoms with van der Waals surface area (Å²) in [4.78, 5) is 10.4. The fourth-order valence-corrected chi connectivity index (χ4v) is 1.77. The molecule has 16 heavy (non-hydrogen) atoms. The number of phenols is 1. The van der Waals surface area contributed by atoms with Gasteiger partial charge in [-0.1, -0.05) is 6.07 Å². The van der Waals surface area contributed by atoms with E-state index in [2.05, 4.69) is 0 Å².